The molecule has 2 N–H and O–H groups in total. The van der Waals surface area contributed by atoms with Crippen LogP contribution in [0.1, 0.15) is 43.4 Å². The van der Waals surface area contributed by atoms with E-state index in [1.807, 2.05) is 42.2 Å². The summed E-state index contributed by atoms with van der Waals surface area (Å²) in [5.74, 6) is 0.978. The molecule has 2 aromatic rings. The molecule has 0 bridgehead atoms. The van der Waals surface area contributed by atoms with Crippen molar-refractivity contribution in [1.29, 1.82) is 0 Å². The maximum absolute atomic E-state index is 12.5. The summed E-state index contributed by atoms with van der Waals surface area (Å²) < 4.78 is 5.99. The molecule has 0 spiro atoms. The molecule has 1 unspecified atom stereocenters. The lowest BCUT2D eigenvalue weighted by Crippen LogP contribution is -2.47. The maximum atomic E-state index is 12.5. The lowest BCUT2D eigenvalue weighted by atomic mass is 10.0. The van der Waals surface area contributed by atoms with E-state index < -0.39 is 6.10 Å². The van der Waals surface area contributed by atoms with Crippen LogP contribution in [0.25, 0.3) is 0 Å². The quantitative estimate of drug-likeness (QED) is 0.737. The molecule has 6 nitrogen and oxygen atoms in total. The van der Waals surface area contributed by atoms with Crippen molar-refractivity contribution in [3.05, 3.63) is 59.2 Å². The van der Waals surface area contributed by atoms with E-state index in [1.54, 1.807) is 6.92 Å². The summed E-state index contributed by atoms with van der Waals surface area (Å²) >= 11 is 0. The van der Waals surface area contributed by atoms with Gasteiger partial charge in [-0.2, -0.15) is 0 Å². The molecule has 1 fully saturated rings. The van der Waals surface area contributed by atoms with Crippen LogP contribution < -0.4 is 20.3 Å². The Morgan fingerprint density at radius 2 is 1.90 bits per heavy atom. The van der Waals surface area contributed by atoms with Crippen molar-refractivity contribution in [1.82, 2.24) is 10.6 Å². The third kappa shape index (κ3) is 5.53. The molecule has 30 heavy (non-hydrogen) atoms. The number of rotatable bonds is 7. The molecule has 1 aliphatic heterocycles. The zero-order valence-corrected chi connectivity index (χ0v) is 18.2. The number of benzene rings is 2. The van der Waals surface area contributed by atoms with Crippen molar-refractivity contribution in [3.63, 3.8) is 0 Å². The van der Waals surface area contributed by atoms with Crippen LogP contribution in [-0.4, -0.2) is 37.6 Å². The SMILES string of the molecule is Cc1ccc(C(C)C)c(OC(C)C(=O)NCc2ccc(N3CCNC(=O)C3)cc2)c1. The van der Waals surface area contributed by atoms with Gasteiger partial charge in [-0.05, 0) is 54.7 Å². The Bertz CT molecular complexity index is 893. The van der Waals surface area contributed by atoms with Crippen LogP contribution in [-0.2, 0) is 16.1 Å². The van der Waals surface area contributed by atoms with E-state index in [1.165, 1.54) is 0 Å². The van der Waals surface area contributed by atoms with Gasteiger partial charge in [0.05, 0.1) is 6.54 Å². The third-order valence-corrected chi connectivity index (χ3v) is 5.27. The number of hydrogen-bond acceptors (Lipinski definition) is 4. The second-order valence-electron chi connectivity index (χ2n) is 8.11. The van der Waals surface area contributed by atoms with Gasteiger partial charge in [0.25, 0.3) is 5.91 Å². The maximum Gasteiger partial charge on any atom is 0.261 e. The largest absolute Gasteiger partial charge is 0.481 e. The van der Waals surface area contributed by atoms with E-state index >= 15 is 0 Å². The zero-order valence-electron chi connectivity index (χ0n) is 18.2. The molecule has 1 heterocycles. The van der Waals surface area contributed by atoms with E-state index in [4.69, 9.17) is 4.74 Å². The number of aryl methyl sites for hydroxylation is 1. The lowest BCUT2D eigenvalue weighted by Gasteiger charge is -2.28. The van der Waals surface area contributed by atoms with Crippen LogP contribution in [0.3, 0.4) is 0 Å². The summed E-state index contributed by atoms with van der Waals surface area (Å²) in [7, 11) is 0. The standard InChI is InChI=1S/C24H31N3O3/c1-16(2)21-10-5-17(3)13-22(21)30-18(4)24(29)26-14-19-6-8-20(9-7-19)27-12-11-25-23(28)15-27/h5-10,13,16,18H,11-12,14-15H2,1-4H3,(H,25,28)(H,26,29). The first-order valence-corrected chi connectivity index (χ1v) is 10.5. The summed E-state index contributed by atoms with van der Waals surface area (Å²) in [5.41, 5.74) is 4.21. The van der Waals surface area contributed by atoms with Gasteiger partial charge >= 0.3 is 0 Å². The summed E-state index contributed by atoms with van der Waals surface area (Å²) in [6, 6.07) is 14.0. The van der Waals surface area contributed by atoms with Gasteiger partial charge in [0.15, 0.2) is 6.10 Å². The summed E-state index contributed by atoms with van der Waals surface area (Å²) in [6.07, 6.45) is -0.588. The second kappa shape index (κ2) is 9.65. The molecule has 0 radical (unpaired) electrons. The van der Waals surface area contributed by atoms with Crippen molar-refractivity contribution in [2.45, 2.75) is 46.3 Å². The number of piperazine rings is 1. The van der Waals surface area contributed by atoms with Crippen LogP contribution in [0.4, 0.5) is 5.69 Å². The van der Waals surface area contributed by atoms with Gasteiger partial charge in [0, 0.05) is 25.3 Å². The molecule has 1 aliphatic rings. The van der Waals surface area contributed by atoms with Gasteiger partial charge in [0.1, 0.15) is 5.75 Å². The highest BCUT2D eigenvalue weighted by Gasteiger charge is 2.18. The molecule has 1 saturated heterocycles. The number of amides is 2. The fourth-order valence-electron chi connectivity index (χ4n) is 3.48. The smallest absolute Gasteiger partial charge is 0.261 e. The van der Waals surface area contributed by atoms with Crippen LogP contribution in [0.15, 0.2) is 42.5 Å². The number of nitrogens with one attached hydrogen (secondary N) is 2. The lowest BCUT2D eigenvalue weighted by molar-refractivity contribution is -0.127. The zero-order chi connectivity index (χ0) is 21.7. The number of carbonyl (C=O) groups excluding carboxylic acids is 2. The average Bonchev–Trinajstić information content (AvgIpc) is 2.72. The Morgan fingerprint density at radius 3 is 2.57 bits per heavy atom. The minimum Gasteiger partial charge on any atom is -0.481 e. The van der Waals surface area contributed by atoms with Crippen molar-refractivity contribution >= 4 is 17.5 Å². The molecular formula is C24H31N3O3. The third-order valence-electron chi connectivity index (χ3n) is 5.27. The molecule has 1 atom stereocenters. The number of ether oxygens (including phenoxy) is 1. The fourth-order valence-corrected chi connectivity index (χ4v) is 3.48. The molecular weight excluding hydrogens is 378 g/mol. The number of nitrogens with zero attached hydrogens (tertiary/aromatic N) is 1. The Morgan fingerprint density at radius 1 is 1.17 bits per heavy atom. The van der Waals surface area contributed by atoms with Gasteiger partial charge in [-0.3, -0.25) is 9.59 Å². The average molecular weight is 410 g/mol. The highest BCUT2D eigenvalue weighted by atomic mass is 16.5. The Kier molecular flexibility index (Phi) is 6.98. The fraction of sp³-hybridized carbons (Fsp3) is 0.417. The monoisotopic (exact) mass is 409 g/mol. The molecule has 0 aliphatic carbocycles. The molecule has 2 aromatic carbocycles. The summed E-state index contributed by atoms with van der Waals surface area (Å²) in [6.45, 7) is 10.3. The first-order valence-electron chi connectivity index (χ1n) is 10.5. The predicted octanol–water partition coefficient (Wildman–Crippen LogP) is 3.14. The van der Waals surface area contributed by atoms with E-state index in [0.717, 1.165) is 34.7 Å². The second-order valence-corrected chi connectivity index (χ2v) is 8.11. The molecule has 160 valence electrons. The van der Waals surface area contributed by atoms with E-state index in [0.29, 0.717) is 25.6 Å². The van der Waals surface area contributed by atoms with Gasteiger partial charge < -0.3 is 20.3 Å². The van der Waals surface area contributed by atoms with Crippen molar-refractivity contribution in [2.24, 2.45) is 0 Å². The van der Waals surface area contributed by atoms with E-state index in [9.17, 15) is 9.59 Å². The van der Waals surface area contributed by atoms with Gasteiger partial charge in [-0.25, -0.2) is 0 Å². The Hall–Kier alpha value is -3.02. The predicted molar refractivity (Wildman–Crippen MR) is 119 cm³/mol. The highest BCUT2D eigenvalue weighted by Crippen LogP contribution is 2.28. The van der Waals surface area contributed by atoms with Gasteiger partial charge in [-0.15, -0.1) is 0 Å². The molecule has 2 amide bonds. The van der Waals surface area contributed by atoms with Crippen LogP contribution in [0.5, 0.6) is 5.75 Å². The molecule has 3 rings (SSSR count). The van der Waals surface area contributed by atoms with Crippen LogP contribution in [0.2, 0.25) is 0 Å². The van der Waals surface area contributed by atoms with Crippen molar-refractivity contribution in [3.8, 4) is 5.75 Å². The number of hydrogen-bond donors (Lipinski definition) is 2. The van der Waals surface area contributed by atoms with Crippen molar-refractivity contribution in [2.75, 3.05) is 24.5 Å². The number of carbonyl (C=O) groups is 2. The first-order chi connectivity index (χ1) is 14.3. The van der Waals surface area contributed by atoms with Gasteiger partial charge in [0.2, 0.25) is 5.91 Å². The molecule has 0 saturated carbocycles. The van der Waals surface area contributed by atoms with Gasteiger partial charge in [-0.1, -0.05) is 38.1 Å². The molecule has 6 heteroatoms. The normalized spacial score (nSPS) is 15.0. The Balaban J connectivity index is 1.55. The van der Waals surface area contributed by atoms with Crippen LogP contribution in [0, 0.1) is 6.92 Å². The topological polar surface area (TPSA) is 70.7 Å². The minimum absolute atomic E-state index is 0.0424. The van der Waals surface area contributed by atoms with Crippen molar-refractivity contribution < 1.29 is 14.3 Å². The summed E-state index contributed by atoms with van der Waals surface area (Å²) in [4.78, 5) is 26.1. The number of anilines is 1. The molecule has 0 aromatic heterocycles. The highest BCUT2D eigenvalue weighted by molar-refractivity contribution is 5.82. The summed E-state index contributed by atoms with van der Waals surface area (Å²) in [5, 5.41) is 5.77. The minimum atomic E-state index is -0.588. The first kappa shape index (κ1) is 21.7. The van der Waals surface area contributed by atoms with E-state index in [2.05, 4.69) is 36.6 Å². The van der Waals surface area contributed by atoms with E-state index in [-0.39, 0.29) is 11.8 Å². The van der Waals surface area contributed by atoms with Crippen LogP contribution >= 0.6 is 0 Å². The Labute approximate surface area is 178 Å².